The second-order valence-electron chi connectivity index (χ2n) is 2.57. The summed E-state index contributed by atoms with van der Waals surface area (Å²) in [5, 5.41) is 0. The highest BCUT2D eigenvalue weighted by Gasteiger charge is 2.32. The number of rotatable bonds is 2. The molecule has 1 heterocycles. The molecule has 0 aromatic carbocycles. The molecular formula is C7H7BrF3N3O. The van der Waals surface area contributed by atoms with E-state index in [2.05, 4.69) is 25.7 Å². The summed E-state index contributed by atoms with van der Waals surface area (Å²) >= 11 is 3.05. The lowest BCUT2D eigenvalue weighted by Gasteiger charge is -2.11. The molecule has 1 aromatic heterocycles. The van der Waals surface area contributed by atoms with Gasteiger partial charge in [-0.15, -0.1) is 13.2 Å². The molecule has 4 nitrogen and oxygen atoms in total. The van der Waals surface area contributed by atoms with Crippen LogP contribution in [0.3, 0.4) is 0 Å². The van der Waals surface area contributed by atoms with E-state index in [0.717, 1.165) is 6.07 Å². The summed E-state index contributed by atoms with van der Waals surface area (Å²) in [4.78, 5) is 3.40. The molecule has 0 amide bonds. The molecule has 0 fully saturated rings. The third-order valence-electron chi connectivity index (χ3n) is 1.48. The number of ether oxygens (including phenoxy) is 1. The van der Waals surface area contributed by atoms with Crippen LogP contribution in [0.4, 0.5) is 19.0 Å². The molecule has 0 atom stereocenters. The van der Waals surface area contributed by atoms with Gasteiger partial charge in [0.15, 0.2) is 0 Å². The lowest BCUT2D eigenvalue weighted by molar-refractivity contribution is -0.276. The fraction of sp³-hybridized carbons (Fsp3) is 0.286. The standard InChI is InChI=1S/C7H7BrF3N3O/c8-5-3(2-12)1-4(14-6(5)13)15-7(9,10)11/h1H,2,12H2,(H2,13,14). The molecule has 8 heteroatoms. The number of alkyl halides is 3. The van der Waals surface area contributed by atoms with Crippen molar-refractivity contribution in [1.29, 1.82) is 0 Å². The van der Waals surface area contributed by atoms with Crippen molar-refractivity contribution >= 4 is 21.7 Å². The average Bonchev–Trinajstić information content (AvgIpc) is 2.08. The number of nitrogens with zero attached hydrogens (tertiary/aromatic N) is 1. The first kappa shape index (κ1) is 12.1. The van der Waals surface area contributed by atoms with Crippen molar-refractivity contribution in [3.63, 3.8) is 0 Å². The number of nitrogen functional groups attached to an aromatic ring is 1. The van der Waals surface area contributed by atoms with Gasteiger partial charge in [0.25, 0.3) is 0 Å². The Balaban J connectivity index is 3.06. The SMILES string of the molecule is NCc1cc(OC(F)(F)F)nc(N)c1Br. The molecule has 0 saturated carbocycles. The van der Waals surface area contributed by atoms with Crippen LogP contribution in [0.5, 0.6) is 5.88 Å². The van der Waals surface area contributed by atoms with Gasteiger partial charge in [0.1, 0.15) is 5.82 Å². The van der Waals surface area contributed by atoms with Crippen molar-refractivity contribution < 1.29 is 17.9 Å². The zero-order valence-electron chi connectivity index (χ0n) is 7.31. The first-order chi connectivity index (χ1) is 6.83. The largest absolute Gasteiger partial charge is 0.574 e. The van der Waals surface area contributed by atoms with Crippen molar-refractivity contribution in [3.8, 4) is 5.88 Å². The third-order valence-corrected chi connectivity index (χ3v) is 2.39. The number of nitrogens with two attached hydrogens (primary N) is 2. The summed E-state index contributed by atoms with van der Waals surface area (Å²) in [5.41, 5.74) is 11.0. The third kappa shape index (κ3) is 3.24. The van der Waals surface area contributed by atoms with Gasteiger partial charge in [-0.1, -0.05) is 0 Å². The smallest absolute Gasteiger partial charge is 0.388 e. The molecule has 84 valence electrons. The first-order valence-corrected chi connectivity index (χ1v) is 4.53. The summed E-state index contributed by atoms with van der Waals surface area (Å²) in [7, 11) is 0. The topological polar surface area (TPSA) is 74.2 Å². The van der Waals surface area contributed by atoms with Crippen molar-refractivity contribution in [2.24, 2.45) is 5.73 Å². The van der Waals surface area contributed by atoms with Crippen molar-refractivity contribution in [3.05, 3.63) is 16.1 Å². The van der Waals surface area contributed by atoms with E-state index < -0.39 is 12.2 Å². The Bertz CT molecular complexity index is 369. The van der Waals surface area contributed by atoms with E-state index in [1.54, 1.807) is 0 Å². The van der Waals surface area contributed by atoms with E-state index in [0.29, 0.717) is 10.0 Å². The van der Waals surface area contributed by atoms with Crippen LogP contribution in [0.25, 0.3) is 0 Å². The highest BCUT2D eigenvalue weighted by Crippen LogP contribution is 2.28. The van der Waals surface area contributed by atoms with Crippen LogP contribution in [0.2, 0.25) is 0 Å². The molecular weight excluding hydrogens is 279 g/mol. The zero-order chi connectivity index (χ0) is 11.6. The van der Waals surface area contributed by atoms with Crippen LogP contribution < -0.4 is 16.2 Å². The van der Waals surface area contributed by atoms with Crippen LogP contribution >= 0.6 is 15.9 Å². The molecule has 1 rings (SSSR count). The monoisotopic (exact) mass is 285 g/mol. The minimum Gasteiger partial charge on any atom is -0.388 e. The van der Waals surface area contributed by atoms with Gasteiger partial charge < -0.3 is 16.2 Å². The molecule has 1 aromatic rings. The second kappa shape index (κ2) is 4.23. The van der Waals surface area contributed by atoms with Gasteiger partial charge in [-0.3, -0.25) is 0 Å². The highest BCUT2D eigenvalue weighted by atomic mass is 79.9. The van der Waals surface area contributed by atoms with Crippen LogP contribution in [0.15, 0.2) is 10.5 Å². The fourth-order valence-corrected chi connectivity index (χ4v) is 1.26. The van der Waals surface area contributed by atoms with Gasteiger partial charge in [-0.2, -0.15) is 4.98 Å². The number of hydrogen-bond acceptors (Lipinski definition) is 4. The fourth-order valence-electron chi connectivity index (χ4n) is 0.896. The summed E-state index contributed by atoms with van der Waals surface area (Å²) in [5.74, 6) is -0.721. The molecule has 0 aliphatic carbocycles. The number of pyridine rings is 1. The van der Waals surface area contributed by atoms with E-state index in [1.165, 1.54) is 0 Å². The van der Waals surface area contributed by atoms with Gasteiger partial charge in [-0.05, 0) is 21.5 Å². The molecule has 0 aliphatic heterocycles. The van der Waals surface area contributed by atoms with Gasteiger partial charge in [-0.25, -0.2) is 0 Å². The molecule has 15 heavy (non-hydrogen) atoms. The first-order valence-electron chi connectivity index (χ1n) is 3.74. The maximum Gasteiger partial charge on any atom is 0.574 e. The van der Waals surface area contributed by atoms with Gasteiger partial charge in [0.2, 0.25) is 5.88 Å². The second-order valence-corrected chi connectivity index (χ2v) is 3.36. The van der Waals surface area contributed by atoms with Crippen molar-refractivity contribution in [1.82, 2.24) is 4.98 Å². The van der Waals surface area contributed by atoms with E-state index in [4.69, 9.17) is 11.5 Å². The molecule has 0 unspecified atom stereocenters. The van der Waals surface area contributed by atoms with E-state index in [9.17, 15) is 13.2 Å². The minimum atomic E-state index is -4.79. The molecule has 0 spiro atoms. The molecule has 4 N–H and O–H groups in total. The number of halogens is 4. The summed E-state index contributed by atoms with van der Waals surface area (Å²) < 4.78 is 39.6. The Labute approximate surface area is 91.5 Å². The quantitative estimate of drug-likeness (QED) is 0.869. The van der Waals surface area contributed by atoms with Crippen LogP contribution in [-0.2, 0) is 6.54 Å². The highest BCUT2D eigenvalue weighted by molar-refractivity contribution is 9.10. The average molecular weight is 286 g/mol. The predicted molar refractivity (Wildman–Crippen MR) is 50.9 cm³/mol. The van der Waals surface area contributed by atoms with E-state index >= 15 is 0 Å². The maximum atomic E-state index is 11.9. The molecule has 0 radical (unpaired) electrons. The van der Waals surface area contributed by atoms with Gasteiger partial charge in [0.05, 0.1) is 4.47 Å². The number of aromatic nitrogens is 1. The number of hydrogen-bond donors (Lipinski definition) is 2. The maximum absolute atomic E-state index is 11.9. The molecule has 0 saturated heterocycles. The summed E-state index contributed by atoms with van der Waals surface area (Å²) in [6, 6.07) is 1.08. The Morgan fingerprint density at radius 3 is 2.53 bits per heavy atom. The lowest BCUT2D eigenvalue weighted by atomic mass is 10.2. The predicted octanol–water partition coefficient (Wildman–Crippen LogP) is 1.78. The minimum absolute atomic E-state index is 0.0293. The Kier molecular flexibility index (Phi) is 3.40. The van der Waals surface area contributed by atoms with Crippen molar-refractivity contribution in [2.45, 2.75) is 12.9 Å². The Morgan fingerprint density at radius 1 is 1.47 bits per heavy atom. The Hall–Kier alpha value is -1.02. The normalized spacial score (nSPS) is 11.5. The van der Waals surface area contributed by atoms with Crippen LogP contribution in [0.1, 0.15) is 5.56 Å². The van der Waals surface area contributed by atoms with E-state index in [1.807, 2.05) is 0 Å². The van der Waals surface area contributed by atoms with Crippen LogP contribution in [-0.4, -0.2) is 11.3 Å². The zero-order valence-corrected chi connectivity index (χ0v) is 8.89. The molecule has 0 aliphatic rings. The Morgan fingerprint density at radius 2 is 2.07 bits per heavy atom. The summed E-state index contributed by atoms with van der Waals surface area (Å²) in [6.45, 7) is 0.0293. The molecule has 0 bridgehead atoms. The van der Waals surface area contributed by atoms with Crippen molar-refractivity contribution in [2.75, 3.05) is 5.73 Å². The van der Waals surface area contributed by atoms with Crippen LogP contribution in [0, 0.1) is 0 Å². The summed E-state index contributed by atoms with van der Waals surface area (Å²) in [6.07, 6.45) is -4.79. The van der Waals surface area contributed by atoms with Gasteiger partial charge >= 0.3 is 6.36 Å². The van der Waals surface area contributed by atoms with E-state index in [-0.39, 0.29) is 12.4 Å². The lowest BCUT2D eigenvalue weighted by Crippen LogP contribution is -2.18. The number of anilines is 1. The van der Waals surface area contributed by atoms with Gasteiger partial charge in [0, 0.05) is 12.6 Å².